The minimum absolute atomic E-state index is 0.234. The molecule has 0 aliphatic carbocycles. The van der Waals surface area contributed by atoms with E-state index in [0.29, 0.717) is 11.5 Å². The molecule has 7 heteroatoms. The smallest absolute Gasteiger partial charge is 0.196 e. The van der Waals surface area contributed by atoms with Gasteiger partial charge in [-0.25, -0.2) is 5.48 Å². The van der Waals surface area contributed by atoms with Crippen molar-refractivity contribution in [2.24, 2.45) is 10.9 Å². The molecule has 0 saturated heterocycles. The molecule has 0 radical (unpaired) electrons. The molecule has 0 saturated carbocycles. The normalized spacial score (nSPS) is 16.3. The largest absolute Gasteiger partial charge is 0.379 e. The van der Waals surface area contributed by atoms with E-state index >= 15 is 0 Å². The van der Waals surface area contributed by atoms with Gasteiger partial charge in [0.15, 0.2) is 17.4 Å². The van der Waals surface area contributed by atoms with E-state index in [0.717, 1.165) is 16.8 Å². The van der Waals surface area contributed by atoms with Crippen LogP contribution in [-0.2, 0) is 9.78 Å². The van der Waals surface area contributed by atoms with Crippen molar-refractivity contribution in [1.29, 1.82) is 0 Å². The van der Waals surface area contributed by atoms with Gasteiger partial charge in [0.25, 0.3) is 0 Å². The molecule has 1 heterocycles. The Kier molecular flexibility index (Phi) is 3.76. The highest BCUT2D eigenvalue weighted by molar-refractivity contribution is 5.97. The van der Waals surface area contributed by atoms with Gasteiger partial charge >= 0.3 is 0 Å². The van der Waals surface area contributed by atoms with Crippen LogP contribution >= 0.6 is 0 Å². The molecule has 0 bridgehead atoms. The van der Waals surface area contributed by atoms with E-state index in [9.17, 15) is 0 Å². The van der Waals surface area contributed by atoms with Gasteiger partial charge in [0.1, 0.15) is 0 Å². The Morgan fingerprint density at radius 1 is 1.42 bits per heavy atom. The highest BCUT2D eigenvalue weighted by atomic mass is 16.8. The number of nitrogens with two attached hydrogens (primary N) is 1. The highest BCUT2D eigenvalue weighted by Gasteiger charge is 2.18. The number of nitrogens with zero attached hydrogens (tertiary/aromatic N) is 1. The van der Waals surface area contributed by atoms with Crippen LogP contribution in [0.5, 0.6) is 0 Å². The lowest BCUT2D eigenvalue weighted by molar-refractivity contribution is 0.0842. The van der Waals surface area contributed by atoms with Gasteiger partial charge < -0.3 is 11.1 Å². The summed E-state index contributed by atoms with van der Waals surface area (Å²) >= 11 is 0. The SMILES string of the molecule is CONC(Nc1cc(C)ccc1C)=C1NON=C1N. The fourth-order valence-corrected chi connectivity index (χ4v) is 1.64. The van der Waals surface area contributed by atoms with Gasteiger partial charge in [-0.05, 0) is 36.2 Å². The molecule has 5 N–H and O–H groups in total. The maximum absolute atomic E-state index is 5.70. The Balaban J connectivity index is 2.32. The summed E-state index contributed by atoms with van der Waals surface area (Å²) in [6, 6.07) is 6.10. The van der Waals surface area contributed by atoms with Crippen molar-refractivity contribution in [2.75, 3.05) is 12.4 Å². The minimum atomic E-state index is 0.234. The van der Waals surface area contributed by atoms with Crippen molar-refractivity contribution in [3.05, 3.63) is 40.8 Å². The van der Waals surface area contributed by atoms with Crippen LogP contribution in [0.3, 0.4) is 0 Å². The molecular weight excluding hydrogens is 246 g/mol. The van der Waals surface area contributed by atoms with Gasteiger partial charge in [-0.2, -0.15) is 5.48 Å². The number of amidine groups is 1. The maximum Gasteiger partial charge on any atom is 0.196 e. The third-order valence-corrected chi connectivity index (χ3v) is 2.65. The van der Waals surface area contributed by atoms with Crippen molar-refractivity contribution in [3.8, 4) is 0 Å². The fraction of sp³-hybridized carbons (Fsp3) is 0.250. The monoisotopic (exact) mass is 263 g/mol. The summed E-state index contributed by atoms with van der Waals surface area (Å²) < 4.78 is 0. The van der Waals surface area contributed by atoms with Crippen molar-refractivity contribution in [2.45, 2.75) is 13.8 Å². The minimum Gasteiger partial charge on any atom is -0.379 e. The van der Waals surface area contributed by atoms with Gasteiger partial charge in [-0.1, -0.05) is 12.1 Å². The molecule has 102 valence electrons. The lowest BCUT2D eigenvalue weighted by Crippen LogP contribution is -2.29. The predicted octanol–water partition coefficient (Wildman–Crippen LogP) is 0.842. The fourth-order valence-electron chi connectivity index (χ4n) is 1.64. The zero-order valence-electron chi connectivity index (χ0n) is 11.1. The number of hydrogen-bond acceptors (Lipinski definition) is 7. The van der Waals surface area contributed by atoms with Crippen LogP contribution < -0.4 is 22.0 Å². The molecular formula is C12H17N5O2. The molecule has 0 unspecified atom stereocenters. The molecule has 1 aromatic carbocycles. The van der Waals surface area contributed by atoms with E-state index in [1.165, 1.54) is 7.11 Å². The summed E-state index contributed by atoms with van der Waals surface area (Å²) in [7, 11) is 1.51. The molecule has 1 aromatic rings. The molecule has 0 fully saturated rings. The lowest BCUT2D eigenvalue weighted by atomic mass is 10.1. The third kappa shape index (κ3) is 2.89. The second-order valence-corrected chi connectivity index (χ2v) is 4.17. The van der Waals surface area contributed by atoms with Crippen LogP contribution in [0.4, 0.5) is 5.69 Å². The summed E-state index contributed by atoms with van der Waals surface area (Å²) in [4.78, 5) is 9.64. The van der Waals surface area contributed by atoms with Crippen molar-refractivity contribution < 1.29 is 9.78 Å². The van der Waals surface area contributed by atoms with E-state index in [1.807, 2.05) is 32.0 Å². The second kappa shape index (κ2) is 5.49. The van der Waals surface area contributed by atoms with E-state index < -0.39 is 0 Å². The number of benzene rings is 1. The van der Waals surface area contributed by atoms with Gasteiger partial charge in [0.2, 0.25) is 0 Å². The molecule has 7 nitrogen and oxygen atoms in total. The second-order valence-electron chi connectivity index (χ2n) is 4.17. The molecule has 19 heavy (non-hydrogen) atoms. The molecule has 0 amide bonds. The van der Waals surface area contributed by atoms with Crippen molar-refractivity contribution in [1.82, 2.24) is 11.0 Å². The summed E-state index contributed by atoms with van der Waals surface area (Å²) in [5.41, 5.74) is 14.7. The predicted molar refractivity (Wildman–Crippen MR) is 72.6 cm³/mol. The third-order valence-electron chi connectivity index (χ3n) is 2.65. The van der Waals surface area contributed by atoms with Gasteiger partial charge in [0, 0.05) is 5.69 Å². The number of aryl methyl sites for hydroxylation is 2. The number of hydrogen-bond donors (Lipinski definition) is 4. The number of rotatable bonds is 4. The quantitative estimate of drug-likeness (QED) is 0.602. The zero-order chi connectivity index (χ0) is 13.8. The highest BCUT2D eigenvalue weighted by Crippen LogP contribution is 2.19. The average Bonchev–Trinajstić information content (AvgIpc) is 2.79. The van der Waals surface area contributed by atoms with Crippen LogP contribution in [0, 0.1) is 13.8 Å². The first kappa shape index (κ1) is 13.0. The Morgan fingerprint density at radius 3 is 2.84 bits per heavy atom. The molecule has 1 aliphatic rings. The molecule has 1 aliphatic heterocycles. The van der Waals surface area contributed by atoms with E-state index in [1.54, 1.807) is 0 Å². The number of oxime groups is 1. The Labute approximate surface area is 111 Å². The van der Waals surface area contributed by atoms with Crippen LogP contribution in [0.1, 0.15) is 11.1 Å². The summed E-state index contributed by atoms with van der Waals surface area (Å²) in [5.74, 6) is 0.757. The maximum atomic E-state index is 5.70. The van der Waals surface area contributed by atoms with Gasteiger partial charge in [0.05, 0.1) is 7.11 Å². The Bertz CT molecular complexity index is 539. The summed E-state index contributed by atoms with van der Waals surface area (Å²) in [6.45, 7) is 4.03. The first-order valence-electron chi connectivity index (χ1n) is 5.75. The zero-order valence-corrected chi connectivity index (χ0v) is 11.1. The number of nitrogens with one attached hydrogen (secondary N) is 3. The van der Waals surface area contributed by atoms with Gasteiger partial charge in [-0.3, -0.25) is 9.78 Å². The topological polar surface area (TPSA) is 92.9 Å². The summed E-state index contributed by atoms with van der Waals surface area (Å²) in [5, 5.41) is 6.79. The molecule has 2 rings (SSSR count). The van der Waals surface area contributed by atoms with E-state index in [2.05, 4.69) is 21.4 Å². The van der Waals surface area contributed by atoms with E-state index in [-0.39, 0.29) is 5.84 Å². The van der Waals surface area contributed by atoms with Crippen LogP contribution in [-0.4, -0.2) is 12.9 Å². The van der Waals surface area contributed by atoms with Crippen LogP contribution in [0.2, 0.25) is 0 Å². The molecule has 0 atom stereocenters. The number of hydroxylamine groups is 2. The Hall–Kier alpha value is -2.41. The average molecular weight is 263 g/mol. The van der Waals surface area contributed by atoms with Crippen LogP contribution in [0.15, 0.2) is 34.9 Å². The van der Waals surface area contributed by atoms with Crippen molar-refractivity contribution in [3.63, 3.8) is 0 Å². The summed E-state index contributed by atoms with van der Waals surface area (Å²) in [6.07, 6.45) is 0. The number of anilines is 1. The first-order chi connectivity index (χ1) is 9.11. The Morgan fingerprint density at radius 2 is 2.21 bits per heavy atom. The molecule has 0 aromatic heterocycles. The van der Waals surface area contributed by atoms with Crippen LogP contribution in [0.25, 0.3) is 0 Å². The standard InChI is InChI=1S/C12H17N5O2/c1-7-4-5-8(2)9(6-7)14-12(17-18-3)10-11(13)16-19-15-10/h4-6,14-15,17H,1-3H3,(H2,13,16). The first-order valence-corrected chi connectivity index (χ1v) is 5.75. The van der Waals surface area contributed by atoms with E-state index in [4.69, 9.17) is 15.5 Å². The molecule has 0 spiro atoms. The lowest BCUT2D eigenvalue weighted by Gasteiger charge is -2.16. The van der Waals surface area contributed by atoms with Crippen molar-refractivity contribution >= 4 is 11.5 Å². The van der Waals surface area contributed by atoms with Gasteiger partial charge in [-0.15, -0.1) is 0 Å².